The molecule has 1 aromatic heterocycles. The van der Waals surface area contributed by atoms with E-state index in [1.807, 2.05) is 0 Å². The molecule has 264 valence electrons. The van der Waals surface area contributed by atoms with Crippen molar-refractivity contribution in [2.45, 2.75) is 0 Å². The van der Waals surface area contributed by atoms with E-state index in [-0.39, 0.29) is 0 Å². The van der Waals surface area contributed by atoms with Crippen molar-refractivity contribution in [1.29, 1.82) is 0 Å². The number of para-hydroxylation sites is 3. The van der Waals surface area contributed by atoms with Gasteiger partial charge in [0.15, 0.2) is 0 Å². The first-order valence-electron chi connectivity index (χ1n) is 19.2. The van der Waals surface area contributed by atoms with Crippen LogP contribution in [0.2, 0.25) is 0 Å². The van der Waals surface area contributed by atoms with Crippen LogP contribution in [-0.4, -0.2) is 4.57 Å². The fourth-order valence-electron chi connectivity index (χ4n) is 8.05. The summed E-state index contributed by atoms with van der Waals surface area (Å²) in [6, 6.07) is 83.0. The first-order valence-corrected chi connectivity index (χ1v) is 19.2. The molecular formula is C54H38N2. The Hall–Kier alpha value is -7.42. The van der Waals surface area contributed by atoms with Gasteiger partial charge in [0.2, 0.25) is 0 Å². The number of fused-ring (bicyclic) bond motifs is 3. The molecule has 0 radical (unpaired) electrons. The number of anilines is 3. The van der Waals surface area contributed by atoms with Crippen molar-refractivity contribution in [1.82, 2.24) is 4.57 Å². The summed E-state index contributed by atoms with van der Waals surface area (Å²) in [6.07, 6.45) is 0. The summed E-state index contributed by atoms with van der Waals surface area (Å²) in [5.41, 5.74) is 16.4. The highest BCUT2D eigenvalue weighted by molar-refractivity contribution is 6.09. The van der Waals surface area contributed by atoms with Gasteiger partial charge in [-0.1, -0.05) is 176 Å². The van der Waals surface area contributed by atoms with Crippen LogP contribution in [0, 0.1) is 0 Å². The van der Waals surface area contributed by atoms with Gasteiger partial charge in [-0.25, -0.2) is 0 Å². The molecule has 0 amide bonds. The van der Waals surface area contributed by atoms with Crippen molar-refractivity contribution in [2.75, 3.05) is 4.90 Å². The van der Waals surface area contributed by atoms with Crippen molar-refractivity contribution < 1.29 is 0 Å². The molecule has 0 fully saturated rings. The first kappa shape index (κ1) is 33.2. The van der Waals surface area contributed by atoms with Gasteiger partial charge in [0.05, 0.1) is 16.7 Å². The molecule has 10 aromatic rings. The SMILES string of the molecule is c1ccc(-c2ccc(-c3ccccc3N(c3ccc(-c4ccccc4)cc3)c3ccc(-c4ccc(-n5c6ccccc6c6ccccc65)cc4)cc3)cc2)cc1. The number of rotatable bonds is 8. The van der Waals surface area contributed by atoms with Crippen LogP contribution in [0.3, 0.4) is 0 Å². The monoisotopic (exact) mass is 714 g/mol. The molecule has 0 saturated heterocycles. The highest BCUT2D eigenvalue weighted by atomic mass is 15.1. The highest BCUT2D eigenvalue weighted by Crippen LogP contribution is 2.42. The van der Waals surface area contributed by atoms with Crippen molar-refractivity contribution in [3.05, 3.63) is 231 Å². The lowest BCUT2D eigenvalue weighted by molar-refractivity contribution is 1.18. The molecule has 1 heterocycles. The Morgan fingerprint density at radius 1 is 0.268 bits per heavy atom. The van der Waals surface area contributed by atoms with E-state index < -0.39 is 0 Å². The van der Waals surface area contributed by atoms with Crippen molar-refractivity contribution in [2.24, 2.45) is 0 Å². The van der Waals surface area contributed by atoms with Crippen LogP contribution >= 0.6 is 0 Å². The van der Waals surface area contributed by atoms with Crippen LogP contribution in [0.4, 0.5) is 17.1 Å². The van der Waals surface area contributed by atoms with Crippen molar-refractivity contribution in [3.63, 3.8) is 0 Å². The molecule has 0 saturated carbocycles. The number of hydrogen-bond donors (Lipinski definition) is 0. The van der Waals surface area contributed by atoms with Gasteiger partial charge in [0.1, 0.15) is 0 Å². The predicted molar refractivity (Wildman–Crippen MR) is 237 cm³/mol. The molecule has 0 aliphatic rings. The van der Waals surface area contributed by atoms with Gasteiger partial charge >= 0.3 is 0 Å². The molecular weight excluding hydrogens is 677 g/mol. The topological polar surface area (TPSA) is 8.17 Å². The third-order valence-corrected chi connectivity index (χ3v) is 10.8. The molecule has 56 heavy (non-hydrogen) atoms. The summed E-state index contributed by atoms with van der Waals surface area (Å²) < 4.78 is 2.37. The van der Waals surface area contributed by atoms with Gasteiger partial charge in [-0.05, 0) is 93.5 Å². The average Bonchev–Trinajstić information content (AvgIpc) is 3.62. The van der Waals surface area contributed by atoms with Crippen LogP contribution < -0.4 is 4.90 Å². The quantitative estimate of drug-likeness (QED) is 0.152. The maximum absolute atomic E-state index is 2.38. The Morgan fingerprint density at radius 3 is 1.12 bits per heavy atom. The minimum atomic E-state index is 1.09. The molecule has 0 unspecified atom stereocenters. The Kier molecular flexibility index (Phi) is 8.55. The summed E-state index contributed by atoms with van der Waals surface area (Å²) in [5.74, 6) is 0. The Labute approximate surface area is 327 Å². The minimum absolute atomic E-state index is 1.09. The first-order chi connectivity index (χ1) is 27.8. The lowest BCUT2D eigenvalue weighted by atomic mass is 9.98. The van der Waals surface area contributed by atoms with E-state index in [0.717, 1.165) is 22.7 Å². The molecule has 0 bridgehead atoms. The van der Waals surface area contributed by atoms with Crippen LogP contribution in [0.25, 0.3) is 72.0 Å². The van der Waals surface area contributed by atoms with E-state index in [1.165, 1.54) is 66.3 Å². The van der Waals surface area contributed by atoms with Crippen LogP contribution in [0.5, 0.6) is 0 Å². The van der Waals surface area contributed by atoms with Gasteiger partial charge in [-0.15, -0.1) is 0 Å². The second kappa shape index (κ2) is 14.4. The smallest absolute Gasteiger partial charge is 0.0541 e. The number of benzene rings is 9. The zero-order chi connectivity index (χ0) is 37.3. The number of hydrogen-bond acceptors (Lipinski definition) is 1. The summed E-state index contributed by atoms with van der Waals surface area (Å²) in [5, 5.41) is 2.54. The molecule has 0 aliphatic heterocycles. The van der Waals surface area contributed by atoms with E-state index in [4.69, 9.17) is 0 Å². The van der Waals surface area contributed by atoms with Gasteiger partial charge in [0, 0.05) is 33.4 Å². The zero-order valence-corrected chi connectivity index (χ0v) is 30.8. The Balaban J connectivity index is 1.02. The number of nitrogens with zero attached hydrogens (tertiary/aromatic N) is 2. The van der Waals surface area contributed by atoms with Crippen molar-refractivity contribution in [3.8, 4) is 50.2 Å². The van der Waals surface area contributed by atoms with Crippen LogP contribution in [0.15, 0.2) is 231 Å². The molecule has 2 heteroatoms. The lowest BCUT2D eigenvalue weighted by Gasteiger charge is -2.28. The maximum Gasteiger partial charge on any atom is 0.0541 e. The van der Waals surface area contributed by atoms with E-state index in [0.29, 0.717) is 0 Å². The van der Waals surface area contributed by atoms with E-state index >= 15 is 0 Å². The lowest BCUT2D eigenvalue weighted by Crippen LogP contribution is -2.11. The zero-order valence-electron chi connectivity index (χ0n) is 30.8. The Bertz CT molecular complexity index is 2850. The molecule has 10 rings (SSSR count). The standard InChI is InChI=1S/C54H38N2/c1-3-13-39(14-4-1)41-23-25-45(26-24-41)49-17-7-10-20-52(49)55(46-33-27-42(28-34-46)40-15-5-2-6-16-40)47-35-29-43(30-36-47)44-31-37-48(38-32-44)56-53-21-11-8-18-50(53)51-19-9-12-22-54(51)56/h1-38H. The number of aromatic nitrogens is 1. The van der Waals surface area contributed by atoms with Gasteiger partial charge in [0.25, 0.3) is 0 Å². The highest BCUT2D eigenvalue weighted by Gasteiger charge is 2.18. The summed E-state index contributed by atoms with van der Waals surface area (Å²) in [4.78, 5) is 2.38. The maximum atomic E-state index is 2.38. The molecule has 0 N–H and O–H groups in total. The van der Waals surface area contributed by atoms with E-state index in [9.17, 15) is 0 Å². The molecule has 0 aliphatic carbocycles. The van der Waals surface area contributed by atoms with Crippen LogP contribution in [0.1, 0.15) is 0 Å². The Morgan fingerprint density at radius 2 is 0.625 bits per heavy atom. The van der Waals surface area contributed by atoms with E-state index in [1.54, 1.807) is 0 Å². The predicted octanol–water partition coefficient (Wildman–Crippen LogP) is 14.9. The molecule has 0 spiro atoms. The largest absolute Gasteiger partial charge is 0.310 e. The van der Waals surface area contributed by atoms with Gasteiger partial charge < -0.3 is 9.47 Å². The third-order valence-electron chi connectivity index (χ3n) is 10.8. The molecule has 2 nitrogen and oxygen atoms in total. The summed E-state index contributed by atoms with van der Waals surface area (Å²) in [6.45, 7) is 0. The second-order valence-corrected chi connectivity index (χ2v) is 14.2. The minimum Gasteiger partial charge on any atom is -0.310 e. The molecule has 9 aromatic carbocycles. The van der Waals surface area contributed by atoms with Crippen LogP contribution in [-0.2, 0) is 0 Å². The average molecular weight is 715 g/mol. The normalized spacial score (nSPS) is 11.2. The van der Waals surface area contributed by atoms with E-state index in [2.05, 4.69) is 240 Å². The fourth-order valence-corrected chi connectivity index (χ4v) is 8.05. The third kappa shape index (κ3) is 6.14. The van der Waals surface area contributed by atoms with Gasteiger partial charge in [-0.3, -0.25) is 0 Å². The summed E-state index contributed by atoms with van der Waals surface area (Å²) in [7, 11) is 0. The fraction of sp³-hybridized carbons (Fsp3) is 0. The van der Waals surface area contributed by atoms with Gasteiger partial charge in [-0.2, -0.15) is 0 Å². The molecule has 0 atom stereocenters. The van der Waals surface area contributed by atoms with Crippen molar-refractivity contribution >= 4 is 38.9 Å². The summed E-state index contributed by atoms with van der Waals surface area (Å²) >= 11 is 0. The second-order valence-electron chi connectivity index (χ2n) is 14.2.